The maximum absolute atomic E-state index is 8.87. The van der Waals surface area contributed by atoms with Crippen LogP contribution in [0.5, 0.6) is 0 Å². The molecule has 0 atom stereocenters. The summed E-state index contributed by atoms with van der Waals surface area (Å²) in [7, 11) is 0. The van der Waals surface area contributed by atoms with Crippen LogP contribution in [0.2, 0.25) is 0 Å². The summed E-state index contributed by atoms with van der Waals surface area (Å²) >= 11 is 4.21. The predicted octanol–water partition coefficient (Wildman–Crippen LogP) is 2.27. The lowest BCUT2D eigenvalue weighted by Crippen LogP contribution is -2.30. The van der Waals surface area contributed by atoms with E-state index in [-0.39, 0.29) is 6.10 Å². The fraction of sp³-hybridized carbons (Fsp3) is 0.538. The zero-order valence-corrected chi connectivity index (χ0v) is 10.7. The van der Waals surface area contributed by atoms with Gasteiger partial charge in [-0.05, 0) is 50.0 Å². The first-order valence-corrected chi connectivity index (χ1v) is 6.33. The number of piperidine rings is 1. The molecule has 1 aliphatic heterocycles. The Morgan fingerprint density at radius 2 is 2.06 bits per heavy atom. The normalized spacial score (nSPS) is 16.4. The van der Waals surface area contributed by atoms with E-state index in [2.05, 4.69) is 37.0 Å². The van der Waals surface area contributed by atoms with Crippen molar-refractivity contribution >= 4 is 12.6 Å². The second-order valence-corrected chi connectivity index (χ2v) is 4.52. The molecule has 0 radical (unpaired) electrons. The van der Waals surface area contributed by atoms with Gasteiger partial charge in [-0.25, -0.2) is 0 Å². The molecule has 16 heavy (non-hydrogen) atoms. The van der Waals surface area contributed by atoms with Crippen LogP contribution in [0.15, 0.2) is 29.2 Å². The minimum Gasteiger partial charge on any atom is -0.393 e. The molecular formula is C13H21NOS. The Morgan fingerprint density at radius 1 is 1.38 bits per heavy atom. The van der Waals surface area contributed by atoms with E-state index in [0.29, 0.717) is 0 Å². The second-order valence-electron chi connectivity index (χ2n) is 4.00. The Kier molecular flexibility index (Phi) is 6.53. The molecule has 0 bridgehead atoms. The molecule has 2 nitrogen and oxygen atoms in total. The molecule has 0 spiro atoms. The molecule has 1 fully saturated rings. The van der Waals surface area contributed by atoms with Gasteiger partial charge in [0.2, 0.25) is 0 Å². The van der Waals surface area contributed by atoms with Crippen molar-refractivity contribution in [2.45, 2.75) is 37.2 Å². The van der Waals surface area contributed by atoms with E-state index in [1.807, 2.05) is 12.1 Å². The molecule has 1 heterocycles. The van der Waals surface area contributed by atoms with Crippen LogP contribution in [0.25, 0.3) is 0 Å². The first kappa shape index (κ1) is 13.6. The van der Waals surface area contributed by atoms with Gasteiger partial charge in [-0.15, -0.1) is 12.6 Å². The maximum atomic E-state index is 8.87. The van der Waals surface area contributed by atoms with Crippen LogP contribution < -0.4 is 5.32 Å². The predicted molar refractivity (Wildman–Crippen MR) is 71.2 cm³/mol. The molecule has 1 aromatic rings. The van der Waals surface area contributed by atoms with Crippen LogP contribution in [-0.2, 0) is 6.42 Å². The van der Waals surface area contributed by atoms with Crippen LogP contribution in [-0.4, -0.2) is 24.3 Å². The summed E-state index contributed by atoms with van der Waals surface area (Å²) in [6, 6.07) is 8.21. The minimum absolute atomic E-state index is 0.0266. The molecule has 1 aromatic carbocycles. The van der Waals surface area contributed by atoms with Crippen LogP contribution >= 0.6 is 12.6 Å². The van der Waals surface area contributed by atoms with Crippen molar-refractivity contribution in [1.29, 1.82) is 0 Å². The first-order chi connectivity index (χ1) is 7.72. The summed E-state index contributed by atoms with van der Waals surface area (Å²) in [5, 5.41) is 12.0. The molecule has 0 aromatic heterocycles. The third-order valence-corrected chi connectivity index (χ3v) is 2.91. The quantitative estimate of drug-likeness (QED) is 0.657. The molecule has 0 amide bonds. The highest BCUT2D eigenvalue weighted by atomic mass is 32.1. The Hall–Kier alpha value is -0.510. The maximum Gasteiger partial charge on any atom is 0.0564 e. The lowest BCUT2D eigenvalue weighted by molar-refractivity contribution is 0.137. The van der Waals surface area contributed by atoms with Crippen molar-refractivity contribution in [2.24, 2.45) is 0 Å². The van der Waals surface area contributed by atoms with Gasteiger partial charge in [-0.3, -0.25) is 0 Å². The van der Waals surface area contributed by atoms with E-state index in [1.54, 1.807) is 0 Å². The van der Waals surface area contributed by atoms with Crippen molar-refractivity contribution in [3.63, 3.8) is 0 Å². The molecule has 0 aliphatic carbocycles. The Morgan fingerprint density at radius 3 is 2.44 bits per heavy atom. The summed E-state index contributed by atoms with van der Waals surface area (Å²) in [4.78, 5) is 1.05. The van der Waals surface area contributed by atoms with E-state index in [4.69, 9.17) is 5.11 Å². The van der Waals surface area contributed by atoms with Gasteiger partial charge in [-0.2, -0.15) is 0 Å². The van der Waals surface area contributed by atoms with Crippen molar-refractivity contribution in [3.8, 4) is 0 Å². The highest BCUT2D eigenvalue weighted by Gasteiger charge is 2.06. The smallest absolute Gasteiger partial charge is 0.0564 e. The second kappa shape index (κ2) is 7.71. The average Bonchev–Trinajstić information content (AvgIpc) is 2.31. The van der Waals surface area contributed by atoms with E-state index in [0.717, 1.165) is 37.2 Å². The molecule has 0 unspecified atom stereocenters. The number of aliphatic hydroxyl groups is 1. The number of nitrogens with one attached hydrogen (secondary N) is 1. The summed E-state index contributed by atoms with van der Waals surface area (Å²) in [6.07, 6.45) is 2.93. The third-order valence-electron chi connectivity index (χ3n) is 2.63. The van der Waals surface area contributed by atoms with Crippen molar-refractivity contribution < 1.29 is 5.11 Å². The van der Waals surface area contributed by atoms with E-state index in [1.165, 1.54) is 5.56 Å². The Bertz CT molecular complexity index is 298. The zero-order chi connectivity index (χ0) is 11.8. The van der Waals surface area contributed by atoms with E-state index in [9.17, 15) is 0 Å². The van der Waals surface area contributed by atoms with Gasteiger partial charge >= 0.3 is 0 Å². The van der Waals surface area contributed by atoms with Crippen molar-refractivity contribution in [2.75, 3.05) is 13.1 Å². The summed E-state index contributed by atoms with van der Waals surface area (Å²) in [5.74, 6) is 0. The number of aryl methyl sites for hydroxylation is 1. The molecular weight excluding hydrogens is 218 g/mol. The number of benzene rings is 1. The highest BCUT2D eigenvalue weighted by molar-refractivity contribution is 7.80. The van der Waals surface area contributed by atoms with Gasteiger partial charge in [0.1, 0.15) is 0 Å². The lowest BCUT2D eigenvalue weighted by Gasteiger charge is -2.16. The largest absolute Gasteiger partial charge is 0.393 e. The van der Waals surface area contributed by atoms with Gasteiger partial charge in [-0.1, -0.05) is 19.1 Å². The SMILES string of the molecule is CCc1cccc(S)c1.OC1CCNCC1. The molecule has 1 aliphatic rings. The van der Waals surface area contributed by atoms with Crippen LogP contribution in [0.1, 0.15) is 25.3 Å². The first-order valence-electron chi connectivity index (χ1n) is 5.89. The van der Waals surface area contributed by atoms with Crippen molar-refractivity contribution in [1.82, 2.24) is 5.32 Å². The standard InChI is InChI=1S/C8H10S.C5H11NO/c1-2-7-4-3-5-8(9)6-7;7-5-1-3-6-4-2-5/h3-6,9H,2H2,1H3;5-7H,1-4H2. The van der Waals surface area contributed by atoms with Gasteiger partial charge in [0.25, 0.3) is 0 Å². The van der Waals surface area contributed by atoms with Crippen LogP contribution in [0.3, 0.4) is 0 Å². The molecule has 1 saturated heterocycles. The molecule has 90 valence electrons. The molecule has 2 rings (SSSR count). The Labute approximate surface area is 103 Å². The molecule has 0 saturated carbocycles. The van der Waals surface area contributed by atoms with Gasteiger partial charge in [0.15, 0.2) is 0 Å². The summed E-state index contributed by atoms with van der Waals surface area (Å²) < 4.78 is 0. The van der Waals surface area contributed by atoms with Gasteiger partial charge in [0, 0.05) is 4.90 Å². The fourth-order valence-corrected chi connectivity index (χ4v) is 1.83. The third kappa shape index (κ3) is 5.54. The average molecular weight is 239 g/mol. The van der Waals surface area contributed by atoms with Crippen LogP contribution in [0, 0.1) is 0 Å². The van der Waals surface area contributed by atoms with Crippen LogP contribution in [0.4, 0.5) is 0 Å². The Balaban J connectivity index is 0.000000165. The summed E-state index contributed by atoms with van der Waals surface area (Å²) in [6.45, 7) is 4.12. The fourth-order valence-electron chi connectivity index (χ4n) is 1.58. The topological polar surface area (TPSA) is 32.3 Å². The lowest BCUT2D eigenvalue weighted by atomic mass is 10.1. The number of hydrogen-bond acceptors (Lipinski definition) is 3. The number of thiol groups is 1. The highest BCUT2D eigenvalue weighted by Crippen LogP contribution is 2.08. The number of aliphatic hydroxyl groups excluding tert-OH is 1. The van der Waals surface area contributed by atoms with Gasteiger partial charge in [0.05, 0.1) is 6.10 Å². The monoisotopic (exact) mass is 239 g/mol. The summed E-state index contributed by atoms with van der Waals surface area (Å²) in [5.41, 5.74) is 1.35. The number of hydrogen-bond donors (Lipinski definition) is 3. The van der Waals surface area contributed by atoms with Gasteiger partial charge < -0.3 is 10.4 Å². The van der Waals surface area contributed by atoms with E-state index < -0.39 is 0 Å². The van der Waals surface area contributed by atoms with Crippen molar-refractivity contribution in [3.05, 3.63) is 29.8 Å². The molecule has 3 heteroatoms. The molecule has 2 N–H and O–H groups in total. The minimum atomic E-state index is -0.0266. The zero-order valence-electron chi connectivity index (χ0n) is 9.82. The number of rotatable bonds is 1. The van der Waals surface area contributed by atoms with E-state index >= 15 is 0 Å².